The number of hydrogen-bond donors (Lipinski definition) is 1. The molecule has 0 aromatic heterocycles. The molecule has 0 aliphatic heterocycles. The lowest BCUT2D eigenvalue weighted by atomic mass is 10.2. The van der Waals surface area contributed by atoms with Gasteiger partial charge in [-0.2, -0.15) is 0 Å². The second kappa shape index (κ2) is 6.50. The lowest BCUT2D eigenvalue weighted by molar-refractivity contribution is 0.306. The molecule has 0 unspecified atom stereocenters. The number of nitrogens with one attached hydrogen (secondary N) is 1. The van der Waals surface area contributed by atoms with Crippen LogP contribution in [0.4, 0.5) is 5.69 Å². The van der Waals surface area contributed by atoms with E-state index in [2.05, 4.69) is 24.0 Å². The van der Waals surface area contributed by atoms with Crippen molar-refractivity contribution in [3.05, 3.63) is 72.8 Å². The van der Waals surface area contributed by atoms with Gasteiger partial charge < -0.3 is 10.1 Å². The molecule has 0 fully saturated rings. The number of ether oxygens (including phenoxy) is 1. The van der Waals surface area contributed by atoms with Crippen molar-refractivity contribution < 1.29 is 4.74 Å². The second-order valence-corrected chi connectivity index (χ2v) is 3.97. The fourth-order valence-electron chi connectivity index (χ4n) is 1.60. The van der Waals surface area contributed by atoms with E-state index in [1.807, 2.05) is 48.5 Å². The molecule has 0 aliphatic carbocycles. The van der Waals surface area contributed by atoms with E-state index < -0.39 is 0 Å². The van der Waals surface area contributed by atoms with Gasteiger partial charge in [0.2, 0.25) is 0 Å². The Bertz CT molecular complexity index is 476. The first-order chi connectivity index (χ1) is 8.88. The van der Waals surface area contributed by atoms with Gasteiger partial charge in [0.1, 0.15) is 12.4 Å². The molecular formula is C16H17NO. The van der Waals surface area contributed by atoms with Gasteiger partial charge in [-0.05, 0) is 29.8 Å². The van der Waals surface area contributed by atoms with E-state index in [1.165, 1.54) is 5.56 Å². The zero-order chi connectivity index (χ0) is 12.6. The van der Waals surface area contributed by atoms with Crippen LogP contribution in [-0.4, -0.2) is 6.54 Å². The minimum absolute atomic E-state index is 0.597. The summed E-state index contributed by atoms with van der Waals surface area (Å²) in [5, 5.41) is 3.22. The zero-order valence-electron chi connectivity index (χ0n) is 10.3. The van der Waals surface area contributed by atoms with Gasteiger partial charge in [-0.1, -0.05) is 36.4 Å². The Morgan fingerprint density at radius 3 is 2.39 bits per heavy atom. The van der Waals surface area contributed by atoms with Gasteiger partial charge in [0, 0.05) is 12.2 Å². The molecule has 0 bridgehead atoms. The van der Waals surface area contributed by atoms with Gasteiger partial charge in [0.25, 0.3) is 0 Å². The minimum atomic E-state index is 0.597. The first kappa shape index (κ1) is 12.2. The molecule has 2 rings (SSSR count). The topological polar surface area (TPSA) is 21.3 Å². The molecule has 0 amide bonds. The fourth-order valence-corrected chi connectivity index (χ4v) is 1.60. The average molecular weight is 239 g/mol. The smallest absolute Gasteiger partial charge is 0.119 e. The third kappa shape index (κ3) is 3.67. The Morgan fingerprint density at radius 2 is 1.72 bits per heavy atom. The third-order valence-electron chi connectivity index (χ3n) is 2.55. The van der Waals surface area contributed by atoms with Crippen LogP contribution in [0, 0.1) is 0 Å². The van der Waals surface area contributed by atoms with Gasteiger partial charge >= 0.3 is 0 Å². The van der Waals surface area contributed by atoms with Crippen LogP contribution in [-0.2, 0) is 6.61 Å². The van der Waals surface area contributed by atoms with Crippen molar-refractivity contribution in [1.29, 1.82) is 0 Å². The van der Waals surface area contributed by atoms with Crippen LogP contribution in [0.2, 0.25) is 0 Å². The molecular weight excluding hydrogens is 222 g/mol. The molecule has 0 saturated carbocycles. The van der Waals surface area contributed by atoms with Crippen molar-refractivity contribution in [3.8, 4) is 5.75 Å². The molecule has 0 radical (unpaired) electrons. The molecule has 1 N–H and O–H groups in total. The Hall–Kier alpha value is -2.22. The van der Waals surface area contributed by atoms with Gasteiger partial charge in [-0.3, -0.25) is 0 Å². The maximum absolute atomic E-state index is 5.70. The normalized spacial score (nSPS) is 9.78. The number of hydrogen-bond acceptors (Lipinski definition) is 2. The quantitative estimate of drug-likeness (QED) is 0.773. The van der Waals surface area contributed by atoms with Crippen LogP contribution in [0.5, 0.6) is 5.75 Å². The average Bonchev–Trinajstić information content (AvgIpc) is 2.45. The third-order valence-corrected chi connectivity index (χ3v) is 2.55. The maximum atomic E-state index is 5.70. The van der Waals surface area contributed by atoms with E-state index in [0.717, 1.165) is 18.0 Å². The minimum Gasteiger partial charge on any atom is -0.489 e. The summed E-state index contributed by atoms with van der Waals surface area (Å²) in [5.41, 5.74) is 2.24. The van der Waals surface area contributed by atoms with Gasteiger partial charge in [-0.15, -0.1) is 6.58 Å². The van der Waals surface area contributed by atoms with Crippen LogP contribution < -0.4 is 10.1 Å². The maximum Gasteiger partial charge on any atom is 0.119 e. The van der Waals surface area contributed by atoms with Gasteiger partial charge in [0.05, 0.1) is 0 Å². The Kier molecular flexibility index (Phi) is 4.42. The molecule has 0 heterocycles. The number of rotatable bonds is 6. The summed E-state index contributed by atoms with van der Waals surface area (Å²) >= 11 is 0. The van der Waals surface area contributed by atoms with Crippen molar-refractivity contribution in [2.24, 2.45) is 0 Å². The molecule has 2 aromatic carbocycles. The van der Waals surface area contributed by atoms with Crippen LogP contribution in [0.1, 0.15) is 5.56 Å². The van der Waals surface area contributed by atoms with E-state index in [9.17, 15) is 0 Å². The molecule has 92 valence electrons. The summed E-state index contributed by atoms with van der Waals surface area (Å²) in [7, 11) is 0. The van der Waals surface area contributed by atoms with Crippen molar-refractivity contribution in [2.45, 2.75) is 6.61 Å². The van der Waals surface area contributed by atoms with Gasteiger partial charge in [-0.25, -0.2) is 0 Å². The lowest BCUT2D eigenvalue weighted by Gasteiger charge is -2.08. The summed E-state index contributed by atoms with van der Waals surface area (Å²) in [5.74, 6) is 0.878. The lowest BCUT2D eigenvalue weighted by Crippen LogP contribution is -1.98. The van der Waals surface area contributed by atoms with E-state index in [1.54, 1.807) is 0 Å². The van der Waals surface area contributed by atoms with Crippen molar-refractivity contribution in [3.63, 3.8) is 0 Å². The Labute approximate surface area is 108 Å². The van der Waals surface area contributed by atoms with E-state index in [0.29, 0.717) is 6.61 Å². The van der Waals surface area contributed by atoms with Crippen LogP contribution >= 0.6 is 0 Å². The van der Waals surface area contributed by atoms with Crippen molar-refractivity contribution >= 4 is 5.69 Å². The Balaban J connectivity index is 1.88. The highest BCUT2D eigenvalue weighted by atomic mass is 16.5. The molecule has 0 atom stereocenters. The predicted molar refractivity (Wildman–Crippen MR) is 75.9 cm³/mol. The van der Waals surface area contributed by atoms with Crippen LogP contribution in [0.25, 0.3) is 0 Å². The highest BCUT2D eigenvalue weighted by Gasteiger charge is 1.96. The summed E-state index contributed by atoms with van der Waals surface area (Å²) in [6, 6.07) is 18.1. The van der Waals surface area contributed by atoms with Crippen molar-refractivity contribution in [1.82, 2.24) is 0 Å². The summed E-state index contributed by atoms with van der Waals surface area (Å²) in [4.78, 5) is 0. The first-order valence-electron chi connectivity index (χ1n) is 6.00. The molecule has 18 heavy (non-hydrogen) atoms. The molecule has 0 spiro atoms. The van der Waals surface area contributed by atoms with E-state index in [4.69, 9.17) is 4.74 Å². The van der Waals surface area contributed by atoms with E-state index >= 15 is 0 Å². The fraction of sp³-hybridized carbons (Fsp3) is 0.125. The van der Waals surface area contributed by atoms with Crippen LogP contribution in [0.3, 0.4) is 0 Å². The largest absolute Gasteiger partial charge is 0.489 e. The second-order valence-electron chi connectivity index (χ2n) is 3.97. The molecule has 0 aliphatic rings. The van der Waals surface area contributed by atoms with Crippen molar-refractivity contribution in [2.75, 3.05) is 11.9 Å². The van der Waals surface area contributed by atoms with Crippen LogP contribution in [0.15, 0.2) is 67.3 Å². The molecule has 2 aromatic rings. The van der Waals surface area contributed by atoms with Gasteiger partial charge in [0.15, 0.2) is 0 Å². The van der Waals surface area contributed by atoms with E-state index in [-0.39, 0.29) is 0 Å². The monoisotopic (exact) mass is 239 g/mol. The molecule has 2 nitrogen and oxygen atoms in total. The number of anilines is 1. The highest BCUT2D eigenvalue weighted by Crippen LogP contribution is 2.16. The SMILES string of the molecule is C=CCNc1ccc(OCc2ccccc2)cc1. The standard InChI is InChI=1S/C16H17NO/c1-2-12-17-15-8-10-16(11-9-15)18-13-14-6-4-3-5-7-14/h2-11,17H,1,12-13H2. The number of benzene rings is 2. The predicted octanol–water partition coefficient (Wildman–Crippen LogP) is 3.86. The summed E-state index contributed by atoms with van der Waals surface area (Å²) < 4.78 is 5.70. The summed E-state index contributed by atoms with van der Waals surface area (Å²) in [6.45, 7) is 5.03. The summed E-state index contributed by atoms with van der Waals surface area (Å²) in [6.07, 6.45) is 1.83. The molecule has 2 heteroatoms. The Morgan fingerprint density at radius 1 is 1.00 bits per heavy atom. The first-order valence-corrected chi connectivity index (χ1v) is 6.00. The highest BCUT2D eigenvalue weighted by molar-refractivity contribution is 5.46. The molecule has 0 saturated heterocycles. The zero-order valence-corrected chi connectivity index (χ0v) is 10.3.